The lowest BCUT2D eigenvalue weighted by atomic mass is 10.3. The van der Waals surface area contributed by atoms with Gasteiger partial charge in [0, 0.05) is 24.6 Å². The van der Waals surface area contributed by atoms with Gasteiger partial charge in [-0.3, -0.25) is 4.99 Å². The molecule has 4 N–H and O–H groups in total. The number of rotatable bonds is 5. The summed E-state index contributed by atoms with van der Waals surface area (Å²) < 4.78 is 1.83. The Morgan fingerprint density at radius 1 is 1.24 bits per heavy atom. The predicted octanol–water partition coefficient (Wildman–Crippen LogP) is 2.53. The lowest BCUT2D eigenvalue weighted by molar-refractivity contribution is 0.802. The predicted molar refractivity (Wildman–Crippen MR) is 88.2 cm³/mol. The van der Waals surface area contributed by atoms with Crippen molar-refractivity contribution in [2.75, 3.05) is 5.73 Å². The van der Waals surface area contributed by atoms with Crippen LogP contribution in [0.5, 0.6) is 0 Å². The quantitative estimate of drug-likeness (QED) is 0.502. The summed E-state index contributed by atoms with van der Waals surface area (Å²) in [7, 11) is 0. The molecule has 5 heteroatoms. The smallest absolute Gasteiger partial charge is 0.0858 e. The van der Waals surface area contributed by atoms with Crippen molar-refractivity contribution in [2.24, 2.45) is 10.7 Å². The number of hydrogen-bond acceptors (Lipinski definition) is 4. The third kappa shape index (κ3) is 3.90. The summed E-state index contributed by atoms with van der Waals surface area (Å²) in [6.07, 6.45) is 9.10. The van der Waals surface area contributed by atoms with Gasteiger partial charge in [0.15, 0.2) is 0 Å². The summed E-state index contributed by atoms with van der Waals surface area (Å²) >= 11 is 0. The van der Waals surface area contributed by atoms with Gasteiger partial charge in [-0.2, -0.15) is 5.10 Å². The maximum atomic E-state index is 5.78. The van der Waals surface area contributed by atoms with Gasteiger partial charge in [0.05, 0.1) is 17.1 Å². The molecule has 0 aliphatic heterocycles. The van der Waals surface area contributed by atoms with Gasteiger partial charge in [0.1, 0.15) is 0 Å². The molecule has 0 saturated heterocycles. The number of aliphatic imine (C=N–C) groups is 1. The van der Waals surface area contributed by atoms with Crippen molar-refractivity contribution in [1.82, 2.24) is 9.78 Å². The van der Waals surface area contributed by atoms with Crippen molar-refractivity contribution in [3.63, 3.8) is 0 Å². The summed E-state index contributed by atoms with van der Waals surface area (Å²) in [6.45, 7) is 2.29. The van der Waals surface area contributed by atoms with Crippen LogP contribution in [-0.4, -0.2) is 16.0 Å². The summed E-state index contributed by atoms with van der Waals surface area (Å²) in [6, 6.07) is 9.50. The van der Waals surface area contributed by atoms with Crippen LogP contribution in [0.25, 0.3) is 11.8 Å². The Hall–Kier alpha value is -2.66. The van der Waals surface area contributed by atoms with Gasteiger partial charge < -0.3 is 11.5 Å². The SMILES string of the molecule is CC=N/C=C\C=C\c1cc(CN)n(-c2ccc(N)cc2)n1. The number of nitrogen functional groups attached to an aromatic ring is 1. The number of hydrogen-bond donors (Lipinski definition) is 2. The van der Waals surface area contributed by atoms with Gasteiger partial charge in [-0.15, -0.1) is 0 Å². The Morgan fingerprint density at radius 3 is 2.67 bits per heavy atom. The number of benzene rings is 1. The third-order valence-corrected chi connectivity index (χ3v) is 2.85. The second kappa shape index (κ2) is 7.21. The van der Waals surface area contributed by atoms with E-state index in [9.17, 15) is 0 Å². The zero-order valence-electron chi connectivity index (χ0n) is 12.0. The van der Waals surface area contributed by atoms with E-state index in [-0.39, 0.29) is 0 Å². The molecule has 0 unspecified atom stereocenters. The van der Waals surface area contributed by atoms with E-state index in [0.29, 0.717) is 6.54 Å². The molecule has 0 aliphatic carbocycles. The summed E-state index contributed by atoms with van der Waals surface area (Å²) in [5.74, 6) is 0. The van der Waals surface area contributed by atoms with Crippen molar-refractivity contribution in [1.29, 1.82) is 0 Å². The first-order chi connectivity index (χ1) is 10.2. The number of anilines is 1. The second-order valence-electron chi connectivity index (χ2n) is 4.38. The maximum absolute atomic E-state index is 5.78. The Morgan fingerprint density at radius 2 is 2.00 bits per heavy atom. The molecule has 108 valence electrons. The van der Waals surface area contributed by atoms with E-state index in [4.69, 9.17) is 11.5 Å². The molecule has 1 aromatic heterocycles. The molecule has 5 nitrogen and oxygen atoms in total. The minimum atomic E-state index is 0.418. The fourth-order valence-electron chi connectivity index (χ4n) is 1.85. The van der Waals surface area contributed by atoms with Crippen LogP contribution < -0.4 is 11.5 Å². The van der Waals surface area contributed by atoms with Crippen LogP contribution in [0.1, 0.15) is 18.3 Å². The fraction of sp³-hybridized carbons (Fsp3) is 0.125. The second-order valence-corrected chi connectivity index (χ2v) is 4.38. The molecule has 1 heterocycles. The van der Waals surface area contributed by atoms with Gasteiger partial charge >= 0.3 is 0 Å². The topological polar surface area (TPSA) is 82.2 Å². The lowest BCUT2D eigenvalue weighted by Crippen LogP contribution is -2.06. The van der Waals surface area contributed by atoms with Gasteiger partial charge in [-0.1, -0.05) is 6.08 Å². The molecule has 0 saturated carbocycles. The van der Waals surface area contributed by atoms with Gasteiger partial charge in [0.2, 0.25) is 0 Å². The van der Waals surface area contributed by atoms with Gasteiger partial charge in [-0.25, -0.2) is 4.68 Å². The van der Waals surface area contributed by atoms with Crippen molar-refractivity contribution in [3.8, 4) is 5.69 Å². The first kappa shape index (κ1) is 14.7. The van der Waals surface area contributed by atoms with Crippen molar-refractivity contribution in [2.45, 2.75) is 13.5 Å². The molecule has 0 bridgehead atoms. The minimum Gasteiger partial charge on any atom is -0.399 e. The van der Waals surface area contributed by atoms with E-state index in [2.05, 4.69) is 10.1 Å². The highest BCUT2D eigenvalue weighted by molar-refractivity contribution is 5.54. The minimum absolute atomic E-state index is 0.418. The highest BCUT2D eigenvalue weighted by Gasteiger charge is 2.06. The summed E-state index contributed by atoms with van der Waals surface area (Å²) in [5, 5.41) is 4.54. The van der Waals surface area contributed by atoms with E-state index in [1.165, 1.54) is 0 Å². The lowest BCUT2D eigenvalue weighted by Gasteiger charge is -2.05. The van der Waals surface area contributed by atoms with Crippen LogP contribution in [-0.2, 0) is 6.54 Å². The number of nitrogens with two attached hydrogens (primary N) is 2. The zero-order chi connectivity index (χ0) is 15.1. The molecule has 0 fully saturated rings. The highest BCUT2D eigenvalue weighted by atomic mass is 15.3. The van der Waals surface area contributed by atoms with E-state index >= 15 is 0 Å². The zero-order valence-corrected chi connectivity index (χ0v) is 12.0. The first-order valence-electron chi connectivity index (χ1n) is 6.70. The number of aromatic nitrogens is 2. The largest absolute Gasteiger partial charge is 0.399 e. The molecular formula is C16H19N5. The van der Waals surface area contributed by atoms with Gasteiger partial charge in [-0.05, 0) is 49.4 Å². The molecule has 0 aliphatic rings. The fourth-order valence-corrected chi connectivity index (χ4v) is 1.85. The molecule has 21 heavy (non-hydrogen) atoms. The van der Waals surface area contributed by atoms with Crippen molar-refractivity contribution < 1.29 is 0 Å². The standard InChI is InChI=1S/C16H19N5/c1-2-19-10-4-3-5-14-11-16(12-17)21(20-14)15-8-6-13(18)7-9-15/h2-11H,12,17-18H2,1H3/b5-3+,10-4-,19-2?. The first-order valence-corrected chi connectivity index (χ1v) is 6.70. The monoisotopic (exact) mass is 281 g/mol. The summed E-state index contributed by atoms with van der Waals surface area (Å²) in [4.78, 5) is 3.98. The van der Waals surface area contributed by atoms with Crippen LogP contribution in [0.3, 0.4) is 0 Å². The van der Waals surface area contributed by atoms with Crippen LogP contribution in [0.4, 0.5) is 5.69 Å². The Bertz CT molecular complexity index is 662. The summed E-state index contributed by atoms with van der Waals surface area (Å²) in [5.41, 5.74) is 14.9. The molecule has 0 amide bonds. The van der Waals surface area contributed by atoms with E-state index < -0.39 is 0 Å². The van der Waals surface area contributed by atoms with Crippen molar-refractivity contribution >= 4 is 18.0 Å². The molecule has 2 rings (SSSR count). The molecular weight excluding hydrogens is 262 g/mol. The van der Waals surface area contributed by atoms with Crippen LogP contribution in [0, 0.1) is 0 Å². The third-order valence-electron chi connectivity index (χ3n) is 2.85. The Kier molecular flexibility index (Phi) is 5.06. The van der Waals surface area contributed by atoms with E-state index in [0.717, 1.165) is 22.8 Å². The maximum Gasteiger partial charge on any atom is 0.0858 e. The van der Waals surface area contributed by atoms with E-state index in [1.807, 2.05) is 60.2 Å². The van der Waals surface area contributed by atoms with Gasteiger partial charge in [0.25, 0.3) is 0 Å². The molecule has 0 spiro atoms. The normalized spacial score (nSPS) is 12.1. The van der Waals surface area contributed by atoms with Crippen LogP contribution in [0.2, 0.25) is 0 Å². The van der Waals surface area contributed by atoms with E-state index in [1.54, 1.807) is 12.4 Å². The highest BCUT2D eigenvalue weighted by Crippen LogP contribution is 2.15. The van der Waals surface area contributed by atoms with Crippen LogP contribution in [0.15, 0.2) is 53.7 Å². The number of nitrogens with zero attached hydrogens (tertiary/aromatic N) is 3. The Labute approximate surface area is 124 Å². The molecule has 0 radical (unpaired) electrons. The molecule has 2 aromatic rings. The van der Waals surface area contributed by atoms with Crippen LogP contribution >= 0.6 is 0 Å². The average molecular weight is 281 g/mol. The molecule has 1 aromatic carbocycles. The average Bonchev–Trinajstić information content (AvgIpc) is 2.91. The number of allylic oxidation sites excluding steroid dienone is 2. The Balaban J connectivity index is 2.25. The van der Waals surface area contributed by atoms with Crippen molar-refractivity contribution in [3.05, 3.63) is 60.1 Å². The molecule has 0 atom stereocenters.